The fourth-order valence-electron chi connectivity index (χ4n) is 4.48. The van der Waals surface area contributed by atoms with Crippen molar-refractivity contribution in [1.82, 2.24) is 4.90 Å². The van der Waals surface area contributed by atoms with Crippen molar-refractivity contribution in [2.45, 2.75) is 78.8 Å². The Balaban J connectivity index is 0. The van der Waals surface area contributed by atoms with E-state index >= 15 is 0 Å². The summed E-state index contributed by atoms with van der Waals surface area (Å²) in [6.45, 7) is 11.8. The Bertz CT molecular complexity index is 605. The third-order valence-electron chi connectivity index (χ3n) is 6.23. The summed E-state index contributed by atoms with van der Waals surface area (Å²) in [4.78, 5) is 48.6. The van der Waals surface area contributed by atoms with Gasteiger partial charge in [0.25, 0.3) is 0 Å². The predicted molar refractivity (Wildman–Crippen MR) is 125 cm³/mol. The molecule has 1 saturated heterocycles. The zero-order valence-electron chi connectivity index (χ0n) is 21.3. The predicted octanol–water partition coefficient (Wildman–Crippen LogP) is 3.23. The minimum absolute atomic E-state index is 0. The van der Waals surface area contributed by atoms with Crippen LogP contribution >= 0.6 is 0 Å². The van der Waals surface area contributed by atoms with Crippen LogP contribution in [0.25, 0.3) is 0 Å². The molecule has 0 aromatic rings. The molecule has 1 rings (SSSR count). The maximum atomic E-state index is 11.7. The van der Waals surface area contributed by atoms with Crippen LogP contribution in [0.1, 0.15) is 67.7 Å². The molecule has 33 heavy (non-hydrogen) atoms. The summed E-state index contributed by atoms with van der Waals surface area (Å²) in [7, 11) is 6.76. The Morgan fingerprint density at radius 3 is 1.30 bits per heavy atom. The van der Waals surface area contributed by atoms with Crippen LogP contribution in [0, 0.1) is 17.8 Å². The molecule has 9 nitrogen and oxygen atoms in total. The minimum atomic E-state index is -1.18. The van der Waals surface area contributed by atoms with Crippen molar-refractivity contribution in [2.24, 2.45) is 17.8 Å². The standard InChI is InChI=1S/C12H18O8.C11H23N.CH4/c1-17-9(13)5-7(11(15)19-3)8(12(16)20-4)6-10(14)18-2;1-9-7-10(2,3)12(6)11(4,5)8-9;/h7-8H,5-6H2,1-4H3;9H,7-8H2,1-6H3;1H4. The van der Waals surface area contributed by atoms with E-state index in [0.29, 0.717) is 11.1 Å². The van der Waals surface area contributed by atoms with Crippen LogP contribution in [0.3, 0.4) is 0 Å². The van der Waals surface area contributed by atoms with Crippen molar-refractivity contribution in [3.05, 3.63) is 0 Å². The monoisotopic (exact) mass is 475 g/mol. The van der Waals surface area contributed by atoms with Crippen LogP contribution in [0.4, 0.5) is 0 Å². The zero-order valence-corrected chi connectivity index (χ0v) is 21.3. The van der Waals surface area contributed by atoms with Crippen LogP contribution in [-0.4, -0.2) is 75.3 Å². The Labute approximate surface area is 199 Å². The summed E-state index contributed by atoms with van der Waals surface area (Å²) in [5, 5.41) is 0. The average molecular weight is 476 g/mol. The van der Waals surface area contributed by atoms with Gasteiger partial charge in [-0.15, -0.1) is 0 Å². The van der Waals surface area contributed by atoms with Crippen molar-refractivity contribution >= 4 is 23.9 Å². The van der Waals surface area contributed by atoms with Crippen molar-refractivity contribution < 1.29 is 38.1 Å². The molecular formula is C24H45NO8. The van der Waals surface area contributed by atoms with Gasteiger partial charge < -0.3 is 18.9 Å². The Morgan fingerprint density at radius 2 is 1.06 bits per heavy atom. The first-order valence-corrected chi connectivity index (χ1v) is 10.7. The number of rotatable bonds is 7. The largest absolute Gasteiger partial charge is 0.469 e. The molecule has 0 aromatic heterocycles. The number of hydrogen-bond donors (Lipinski definition) is 0. The number of nitrogens with zero attached hydrogens (tertiary/aromatic N) is 1. The highest BCUT2D eigenvalue weighted by atomic mass is 16.5. The second kappa shape index (κ2) is 14.2. The van der Waals surface area contributed by atoms with Crippen LogP contribution in [0.15, 0.2) is 0 Å². The molecule has 9 heteroatoms. The van der Waals surface area contributed by atoms with Gasteiger partial charge in [-0.3, -0.25) is 24.1 Å². The highest BCUT2D eigenvalue weighted by Gasteiger charge is 2.41. The van der Waals surface area contributed by atoms with E-state index in [4.69, 9.17) is 0 Å². The number of hydrogen-bond acceptors (Lipinski definition) is 9. The highest BCUT2D eigenvalue weighted by molar-refractivity contribution is 5.88. The Morgan fingerprint density at radius 1 is 0.758 bits per heavy atom. The van der Waals surface area contributed by atoms with Crippen molar-refractivity contribution in [2.75, 3.05) is 35.5 Å². The van der Waals surface area contributed by atoms with E-state index in [9.17, 15) is 19.2 Å². The van der Waals surface area contributed by atoms with Gasteiger partial charge in [-0.05, 0) is 53.5 Å². The number of methoxy groups -OCH3 is 4. The van der Waals surface area contributed by atoms with Crippen molar-refractivity contribution in [3.63, 3.8) is 0 Å². The summed E-state index contributed by atoms with van der Waals surface area (Å²) in [6, 6.07) is 0. The summed E-state index contributed by atoms with van der Waals surface area (Å²) >= 11 is 0. The molecule has 194 valence electrons. The number of piperidine rings is 1. The molecule has 0 spiro atoms. The highest BCUT2D eigenvalue weighted by Crippen LogP contribution is 2.39. The van der Waals surface area contributed by atoms with E-state index in [-0.39, 0.29) is 7.43 Å². The Hall–Kier alpha value is -2.16. The molecule has 0 aromatic carbocycles. The SMILES string of the molecule is C.CC1CC(C)(C)N(C)C(C)(C)C1.COC(=O)CC(C(=O)OC)C(CC(=O)OC)C(=O)OC. The molecule has 0 saturated carbocycles. The number of ether oxygens (including phenoxy) is 4. The van der Waals surface area contributed by atoms with E-state index in [1.807, 2.05) is 0 Å². The molecule has 2 unspecified atom stereocenters. The van der Waals surface area contributed by atoms with Gasteiger partial charge in [0.1, 0.15) is 0 Å². The van der Waals surface area contributed by atoms with Gasteiger partial charge >= 0.3 is 23.9 Å². The smallest absolute Gasteiger partial charge is 0.310 e. The Kier molecular flexibility index (Phi) is 14.2. The van der Waals surface area contributed by atoms with Gasteiger partial charge in [0, 0.05) is 11.1 Å². The minimum Gasteiger partial charge on any atom is -0.469 e. The van der Waals surface area contributed by atoms with Gasteiger partial charge in [0.15, 0.2) is 0 Å². The quantitative estimate of drug-likeness (QED) is 0.405. The molecule has 0 radical (unpaired) electrons. The topological polar surface area (TPSA) is 108 Å². The molecular weight excluding hydrogens is 430 g/mol. The third-order valence-corrected chi connectivity index (χ3v) is 6.23. The molecule has 0 aliphatic carbocycles. The first kappa shape index (κ1) is 33.0. The number of likely N-dealkylation sites (tertiary alicyclic amines) is 1. The van der Waals surface area contributed by atoms with Gasteiger partial charge in [-0.2, -0.15) is 0 Å². The lowest BCUT2D eigenvalue weighted by atomic mass is 9.75. The molecule has 1 heterocycles. The van der Waals surface area contributed by atoms with E-state index in [2.05, 4.69) is 65.5 Å². The van der Waals surface area contributed by atoms with Crippen LogP contribution in [0.2, 0.25) is 0 Å². The van der Waals surface area contributed by atoms with Crippen LogP contribution in [-0.2, 0) is 38.1 Å². The number of carbonyl (C=O) groups excluding carboxylic acids is 4. The van der Waals surface area contributed by atoms with Crippen LogP contribution in [0.5, 0.6) is 0 Å². The lowest BCUT2D eigenvalue weighted by molar-refractivity contribution is -0.164. The van der Waals surface area contributed by atoms with Gasteiger partial charge in [0.2, 0.25) is 0 Å². The summed E-state index contributed by atoms with van der Waals surface area (Å²) < 4.78 is 18.0. The molecule has 0 bridgehead atoms. The maximum Gasteiger partial charge on any atom is 0.310 e. The fourth-order valence-corrected chi connectivity index (χ4v) is 4.48. The van der Waals surface area contributed by atoms with Gasteiger partial charge in [0.05, 0.1) is 53.1 Å². The van der Waals surface area contributed by atoms with Crippen LogP contribution < -0.4 is 0 Å². The zero-order chi connectivity index (χ0) is 25.3. The third kappa shape index (κ3) is 10.1. The van der Waals surface area contributed by atoms with Gasteiger partial charge in [-0.1, -0.05) is 14.4 Å². The van der Waals surface area contributed by atoms with E-state index < -0.39 is 48.6 Å². The second-order valence-corrected chi connectivity index (χ2v) is 9.52. The first-order valence-electron chi connectivity index (χ1n) is 10.7. The lowest BCUT2D eigenvalue weighted by Gasteiger charge is -2.53. The maximum absolute atomic E-state index is 11.7. The summed E-state index contributed by atoms with van der Waals surface area (Å²) in [5.41, 5.74) is 0.752. The lowest BCUT2D eigenvalue weighted by Crippen LogP contribution is -2.58. The molecule has 1 fully saturated rings. The van der Waals surface area contributed by atoms with E-state index in [1.165, 1.54) is 12.8 Å². The molecule has 0 amide bonds. The second-order valence-electron chi connectivity index (χ2n) is 9.52. The summed E-state index contributed by atoms with van der Waals surface area (Å²) in [6.07, 6.45) is 1.85. The first-order chi connectivity index (χ1) is 14.7. The van der Waals surface area contributed by atoms with Crippen molar-refractivity contribution in [3.8, 4) is 0 Å². The van der Waals surface area contributed by atoms with Crippen molar-refractivity contribution in [1.29, 1.82) is 0 Å². The fraction of sp³-hybridized carbons (Fsp3) is 0.833. The summed E-state index contributed by atoms with van der Waals surface area (Å²) in [5.74, 6) is -4.54. The number of esters is 4. The molecule has 0 N–H and O–H groups in total. The van der Waals surface area contributed by atoms with Gasteiger partial charge in [-0.25, -0.2) is 0 Å². The molecule has 1 aliphatic heterocycles. The normalized spacial score (nSPS) is 18.8. The number of carbonyl (C=O) groups is 4. The average Bonchev–Trinajstić information content (AvgIpc) is 2.72. The van der Waals surface area contributed by atoms with E-state index in [1.54, 1.807) is 0 Å². The molecule has 1 aliphatic rings. The van der Waals surface area contributed by atoms with E-state index in [0.717, 1.165) is 34.4 Å². The molecule has 2 atom stereocenters.